The molecular formula is C27H25N3O. The van der Waals surface area contributed by atoms with E-state index in [2.05, 4.69) is 88.2 Å². The van der Waals surface area contributed by atoms with Crippen LogP contribution in [-0.4, -0.2) is 35.2 Å². The van der Waals surface area contributed by atoms with Crippen molar-refractivity contribution >= 4 is 0 Å². The number of nitrogens with one attached hydrogen (secondary N) is 1. The van der Waals surface area contributed by atoms with Gasteiger partial charge in [0.25, 0.3) is 0 Å². The van der Waals surface area contributed by atoms with Crippen LogP contribution in [0.3, 0.4) is 0 Å². The van der Waals surface area contributed by atoms with E-state index in [4.69, 9.17) is 4.52 Å². The van der Waals surface area contributed by atoms with Crippen molar-refractivity contribution in [3.63, 3.8) is 0 Å². The van der Waals surface area contributed by atoms with Crippen molar-refractivity contribution in [1.29, 1.82) is 0 Å². The van der Waals surface area contributed by atoms with Crippen LogP contribution in [0.15, 0.2) is 95.5 Å². The van der Waals surface area contributed by atoms with Crippen molar-refractivity contribution in [2.45, 2.75) is 24.5 Å². The van der Waals surface area contributed by atoms with Crippen LogP contribution in [-0.2, 0) is 6.54 Å². The van der Waals surface area contributed by atoms with E-state index < -0.39 is 0 Å². The average molecular weight is 408 g/mol. The van der Waals surface area contributed by atoms with E-state index in [-0.39, 0.29) is 0 Å². The second kappa shape index (κ2) is 7.80. The molecule has 2 bridgehead atoms. The molecule has 0 spiro atoms. The zero-order chi connectivity index (χ0) is 20.6. The number of likely N-dealkylation sites (tertiary alicyclic amines) is 1. The highest BCUT2D eigenvalue weighted by molar-refractivity contribution is 5.63. The molecule has 2 aliphatic rings. The molecule has 2 fully saturated rings. The Hall–Kier alpha value is -3.21. The normalized spacial score (nSPS) is 22.8. The second-order valence-corrected chi connectivity index (χ2v) is 8.53. The molecule has 2 aliphatic heterocycles. The summed E-state index contributed by atoms with van der Waals surface area (Å²) in [6.07, 6.45) is 0. The quantitative estimate of drug-likeness (QED) is 0.508. The number of hydrogen-bond donors (Lipinski definition) is 1. The lowest BCUT2D eigenvalue weighted by atomic mass is 9.72. The summed E-state index contributed by atoms with van der Waals surface area (Å²) in [5.74, 6) is 1.42. The highest BCUT2D eigenvalue weighted by atomic mass is 16.5. The highest BCUT2D eigenvalue weighted by Crippen LogP contribution is 2.43. The van der Waals surface area contributed by atoms with E-state index >= 15 is 0 Å². The molecule has 0 amide bonds. The summed E-state index contributed by atoms with van der Waals surface area (Å²) in [4.78, 5) is 2.58. The molecule has 0 radical (unpaired) electrons. The number of fused-ring (bicyclic) bond motifs is 2. The fourth-order valence-corrected chi connectivity index (χ4v) is 5.20. The number of benzene rings is 3. The summed E-state index contributed by atoms with van der Waals surface area (Å²) < 4.78 is 5.62. The van der Waals surface area contributed by atoms with Crippen LogP contribution in [0.5, 0.6) is 0 Å². The number of piperazine rings is 1. The maximum absolute atomic E-state index is 5.62. The third-order valence-electron chi connectivity index (χ3n) is 6.75. The smallest absolute Gasteiger partial charge is 0.167 e. The van der Waals surface area contributed by atoms with E-state index in [0.717, 1.165) is 36.7 Å². The Balaban J connectivity index is 1.18. The Bertz CT molecular complexity index is 1140. The molecule has 1 aromatic heterocycles. The Kier molecular flexibility index (Phi) is 4.67. The SMILES string of the molecule is c1ccc(-c2ccc(C3[C@H]4CNC[C@@H]3N4Cc3cc(-c4ccccc4)on3)cc2)cc1. The zero-order valence-electron chi connectivity index (χ0n) is 17.3. The lowest BCUT2D eigenvalue weighted by Gasteiger charge is -2.59. The molecule has 4 heteroatoms. The van der Waals surface area contributed by atoms with E-state index in [0.29, 0.717) is 18.0 Å². The van der Waals surface area contributed by atoms with E-state index in [1.807, 2.05) is 18.2 Å². The fourth-order valence-electron chi connectivity index (χ4n) is 5.20. The van der Waals surface area contributed by atoms with Gasteiger partial charge >= 0.3 is 0 Å². The van der Waals surface area contributed by atoms with Gasteiger partial charge in [-0.3, -0.25) is 4.90 Å². The van der Waals surface area contributed by atoms with Crippen molar-refractivity contribution in [3.8, 4) is 22.5 Å². The number of piperidine rings is 1. The molecule has 4 nitrogen and oxygen atoms in total. The zero-order valence-corrected chi connectivity index (χ0v) is 17.3. The predicted molar refractivity (Wildman–Crippen MR) is 123 cm³/mol. The Morgan fingerprint density at radius 2 is 1.39 bits per heavy atom. The number of nitrogens with zero attached hydrogens (tertiary/aromatic N) is 2. The molecule has 3 heterocycles. The first-order valence-electron chi connectivity index (χ1n) is 11.0. The standard InChI is InChI=1S/C27H25N3O/c1-3-7-19(8-4-1)20-11-13-22(14-12-20)27-24-16-28-17-25(27)30(24)18-23-15-26(31-29-23)21-9-5-2-6-10-21/h1-15,24-25,27-28H,16-18H2/t24-,25+,27?. The first kappa shape index (κ1) is 18.6. The van der Waals surface area contributed by atoms with Crippen molar-refractivity contribution in [2.75, 3.05) is 13.1 Å². The van der Waals surface area contributed by atoms with Crippen LogP contribution in [0.2, 0.25) is 0 Å². The minimum absolute atomic E-state index is 0.498. The molecule has 154 valence electrons. The minimum Gasteiger partial charge on any atom is -0.356 e. The van der Waals surface area contributed by atoms with Gasteiger partial charge in [-0.25, -0.2) is 0 Å². The number of hydrogen-bond acceptors (Lipinski definition) is 4. The molecule has 1 N–H and O–H groups in total. The number of aromatic nitrogens is 1. The lowest BCUT2D eigenvalue weighted by molar-refractivity contribution is -0.0496. The van der Waals surface area contributed by atoms with Crippen LogP contribution in [0, 0.1) is 0 Å². The molecule has 0 aliphatic carbocycles. The molecule has 6 rings (SSSR count). The highest BCUT2D eigenvalue weighted by Gasteiger charge is 2.51. The van der Waals surface area contributed by atoms with Crippen molar-refractivity contribution in [3.05, 3.63) is 102 Å². The summed E-state index contributed by atoms with van der Waals surface area (Å²) in [5.41, 5.74) is 6.07. The Morgan fingerprint density at radius 1 is 0.774 bits per heavy atom. The summed E-state index contributed by atoms with van der Waals surface area (Å²) in [5, 5.41) is 7.93. The van der Waals surface area contributed by atoms with E-state index in [1.165, 1.54) is 16.7 Å². The maximum Gasteiger partial charge on any atom is 0.167 e. The molecule has 4 aromatic rings. The van der Waals surface area contributed by atoms with Gasteiger partial charge in [-0.1, -0.05) is 90.1 Å². The predicted octanol–water partition coefficient (Wildman–Crippen LogP) is 4.95. The summed E-state index contributed by atoms with van der Waals surface area (Å²) >= 11 is 0. The van der Waals surface area contributed by atoms with Crippen molar-refractivity contribution in [2.24, 2.45) is 0 Å². The molecular weight excluding hydrogens is 382 g/mol. The van der Waals surface area contributed by atoms with Gasteiger partial charge in [0.2, 0.25) is 0 Å². The van der Waals surface area contributed by atoms with E-state index in [9.17, 15) is 0 Å². The summed E-state index contributed by atoms with van der Waals surface area (Å²) in [6, 6.07) is 33.0. The average Bonchev–Trinajstić information content (AvgIpc) is 3.33. The molecule has 3 aromatic carbocycles. The first-order chi connectivity index (χ1) is 15.4. The van der Waals surface area contributed by atoms with E-state index in [1.54, 1.807) is 0 Å². The largest absolute Gasteiger partial charge is 0.356 e. The second-order valence-electron chi connectivity index (χ2n) is 8.53. The molecule has 2 saturated heterocycles. The number of rotatable bonds is 5. The molecule has 0 saturated carbocycles. The van der Waals surface area contributed by atoms with Gasteiger partial charge in [-0.15, -0.1) is 0 Å². The van der Waals surface area contributed by atoms with Crippen LogP contribution in [0.4, 0.5) is 0 Å². The van der Waals surface area contributed by atoms with Crippen LogP contribution in [0.1, 0.15) is 17.2 Å². The van der Waals surface area contributed by atoms with Gasteiger partial charge < -0.3 is 9.84 Å². The van der Waals surface area contributed by atoms with Crippen LogP contribution < -0.4 is 5.32 Å². The van der Waals surface area contributed by atoms with Gasteiger partial charge in [-0.05, 0) is 16.7 Å². The monoisotopic (exact) mass is 407 g/mol. The molecule has 31 heavy (non-hydrogen) atoms. The third-order valence-corrected chi connectivity index (χ3v) is 6.75. The summed E-state index contributed by atoms with van der Waals surface area (Å²) in [7, 11) is 0. The van der Waals surface area contributed by atoms with Gasteiger partial charge in [0.05, 0.1) is 5.69 Å². The summed E-state index contributed by atoms with van der Waals surface area (Å²) in [6.45, 7) is 2.88. The topological polar surface area (TPSA) is 41.3 Å². The van der Waals surface area contributed by atoms with Gasteiger partial charge in [0, 0.05) is 49.3 Å². The van der Waals surface area contributed by atoms with Gasteiger partial charge in [0.1, 0.15) is 0 Å². The lowest BCUT2D eigenvalue weighted by Crippen LogP contribution is -2.72. The first-order valence-corrected chi connectivity index (χ1v) is 11.0. The van der Waals surface area contributed by atoms with Gasteiger partial charge in [-0.2, -0.15) is 0 Å². The molecule has 1 unspecified atom stereocenters. The Labute approximate surface area is 182 Å². The van der Waals surface area contributed by atoms with Gasteiger partial charge in [0.15, 0.2) is 5.76 Å². The van der Waals surface area contributed by atoms with Crippen molar-refractivity contribution in [1.82, 2.24) is 15.4 Å². The minimum atomic E-state index is 0.498. The van der Waals surface area contributed by atoms with Crippen LogP contribution in [0.25, 0.3) is 22.5 Å². The Morgan fingerprint density at radius 3 is 2.06 bits per heavy atom. The fraction of sp³-hybridized carbons (Fsp3) is 0.222. The van der Waals surface area contributed by atoms with Crippen LogP contribution >= 0.6 is 0 Å². The molecule has 3 atom stereocenters. The third kappa shape index (κ3) is 3.38. The maximum atomic E-state index is 5.62. The van der Waals surface area contributed by atoms with Crippen molar-refractivity contribution < 1.29 is 4.52 Å².